The minimum atomic E-state index is -0.813. The Morgan fingerprint density at radius 1 is 1.06 bits per heavy atom. The first-order valence-corrected chi connectivity index (χ1v) is 12.3. The molecule has 3 rings (SSSR count). The van der Waals surface area contributed by atoms with E-state index in [1.165, 1.54) is 18.3 Å². The van der Waals surface area contributed by atoms with Crippen molar-refractivity contribution in [1.82, 2.24) is 10.7 Å². The van der Waals surface area contributed by atoms with Crippen LogP contribution in [0.5, 0.6) is 5.75 Å². The van der Waals surface area contributed by atoms with E-state index in [-0.39, 0.29) is 16.5 Å². The van der Waals surface area contributed by atoms with Crippen LogP contribution in [0, 0.1) is 5.92 Å². The minimum Gasteiger partial charge on any atom is -0.488 e. The molecule has 0 heterocycles. The monoisotopic (exact) mass is 575 g/mol. The third-order valence-corrected chi connectivity index (χ3v) is 6.16. The average Bonchev–Trinajstić information content (AvgIpc) is 2.82. The molecule has 0 aromatic heterocycles. The van der Waals surface area contributed by atoms with Crippen molar-refractivity contribution in [3.8, 4) is 5.75 Å². The number of hydrazone groups is 1. The topological polar surface area (TPSA) is 79.8 Å². The van der Waals surface area contributed by atoms with Crippen LogP contribution in [0.2, 0.25) is 10.0 Å². The lowest BCUT2D eigenvalue weighted by Gasteiger charge is -2.20. The summed E-state index contributed by atoms with van der Waals surface area (Å²) < 4.78 is 6.61. The van der Waals surface area contributed by atoms with Gasteiger partial charge in [0.2, 0.25) is 0 Å². The third kappa shape index (κ3) is 7.82. The van der Waals surface area contributed by atoms with Gasteiger partial charge in [-0.25, -0.2) is 5.43 Å². The van der Waals surface area contributed by atoms with Gasteiger partial charge in [-0.05, 0) is 69.4 Å². The molecule has 9 heteroatoms. The lowest BCUT2D eigenvalue weighted by atomic mass is 10.0. The maximum absolute atomic E-state index is 12.7. The van der Waals surface area contributed by atoms with Gasteiger partial charge in [0, 0.05) is 5.02 Å². The smallest absolute Gasteiger partial charge is 0.262 e. The van der Waals surface area contributed by atoms with E-state index in [9.17, 15) is 9.59 Å². The van der Waals surface area contributed by atoms with Crippen LogP contribution in [0.15, 0.2) is 76.3 Å². The summed E-state index contributed by atoms with van der Waals surface area (Å²) in [5.74, 6) is -0.412. The van der Waals surface area contributed by atoms with Crippen LogP contribution in [-0.2, 0) is 11.4 Å². The molecule has 0 aliphatic carbocycles. The fraction of sp³-hybridized carbons (Fsp3) is 0.192. The molecule has 2 amide bonds. The number of nitrogens with zero attached hydrogens (tertiary/aromatic N) is 1. The number of carbonyl (C=O) groups excluding carboxylic acids is 2. The number of hydrogen-bond donors (Lipinski definition) is 2. The summed E-state index contributed by atoms with van der Waals surface area (Å²) in [6.07, 6.45) is 1.51. The maximum atomic E-state index is 12.7. The lowest BCUT2D eigenvalue weighted by molar-refractivity contribution is -0.123. The van der Waals surface area contributed by atoms with Gasteiger partial charge in [0.05, 0.1) is 21.3 Å². The Balaban J connectivity index is 1.59. The molecule has 0 saturated carbocycles. The first kappa shape index (κ1) is 26.7. The molecule has 0 saturated heterocycles. The van der Waals surface area contributed by atoms with Gasteiger partial charge in [0.25, 0.3) is 11.8 Å². The minimum absolute atomic E-state index is 0.185. The van der Waals surface area contributed by atoms with Crippen molar-refractivity contribution >= 4 is 57.2 Å². The van der Waals surface area contributed by atoms with Crippen molar-refractivity contribution in [2.45, 2.75) is 26.5 Å². The lowest BCUT2D eigenvalue weighted by Crippen LogP contribution is -2.48. The quantitative estimate of drug-likeness (QED) is 0.234. The second-order valence-electron chi connectivity index (χ2n) is 8.02. The van der Waals surface area contributed by atoms with Gasteiger partial charge < -0.3 is 10.1 Å². The SMILES string of the molecule is CC(C)C(NC(=O)c1ccc(Cl)cc1Cl)C(=O)NN=Cc1ccc(OCc2ccccc2)c(Br)c1. The third-order valence-electron chi connectivity index (χ3n) is 4.99. The molecule has 0 aliphatic heterocycles. The van der Waals surface area contributed by atoms with E-state index in [1.54, 1.807) is 6.07 Å². The highest BCUT2D eigenvalue weighted by Crippen LogP contribution is 2.26. The van der Waals surface area contributed by atoms with Gasteiger partial charge in [-0.2, -0.15) is 5.10 Å². The van der Waals surface area contributed by atoms with Crippen LogP contribution < -0.4 is 15.5 Å². The van der Waals surface area contributed by atoms with Crippen LogP contribution in [0.25, 0.3) is 0 Å². The Hall–Kier alpha value is -2.87. The largest absolute Gasteiger partial charge is 0.488 e. The number of carbonyl (C=O) groups is 2. The number of amides is 2. The van der Waals surface area contributed by atoms with Gasteiger partial charge in [0.15, 0.2) is 0 Å². The van der Waals surface area contributed by atoms with E-state index in [4.69, 9.17) is 27.9 Å². The first-order valence-electron chi connectivity index (χ1n) is 10.8. The molecule has 6 nitrogen and oxygen atoms in total. The van der Waals surface area contributed by atoms with Crippen LogP contribution in [-0.4, -0.2) is 24.1 Å². The van der Waals surface area contributed by atoms with Crippen molar-refractivity contribution in [1.29, 1.82) is 0 Å². The second-order valence-corrected chi connectivity index (χ2v) is 9.72. The van der Waals surface area contributed by atoms with Crippen LogP contribution in [0.3, 0.4) is 0 Å². The Labute approximate surface area is 222 Å². The molecular weight excluding hydrogens is 553 g/mol. The molecular formula is C26H24BrCl2N3O3. The van der Waals surface area contributed by atoms with Crippen LogP contribution in [0.4, 0.5) is 0 Å². The number of rotatable bonds is 9. The summed E-state index contributed by atoms with van der Waals surface area (Å²) in [6.45, 7) is 4.10. The van der Waals surface area contributed by atoms with Crippen LogP contribution in [0.1, 0.15) is 35.3 Å². The van der Waals surface area contributed by atoms with Crippen molar-refractivity contribution < 1.29 is 14.3 Å². The van der Waals surface area contributed by atoms with Gasteiger partial charge >= 0.3 is 0 Å². The number of ether oxygens (including phenoxy) is 1. The maximum Gasteiger partial charge on any atom is 0.262 e. The summed E-state index contributed by atoms with van der Waals surface area (Å²) >= 11 is 15.5. The van der Waals surface area contributed by atoms with Gasteiger partial charge in [-0.3, -0.25) is 9.59 Å². The Kier molecular flexibility index (Phi) is 9.72. The molecule has 0 aliphatic rings. The number of benzene rings is 3. The Morgan fingerprint density at radius 2 is 1.80 bits per heavy atom. The van der Waals surface area contributed by atoms with Crippen molar-refractivity contribution in [2.24, 2.45) is 11.0 Å². The molecule has 0 bridgehead atoms. The highest BCUT2D eigenvalue weighted by Gasteiger charge is 2.25. The van der Waals surface area contributed by atoms with Gasteiger partial charge in [-0.1, -0.05) is 67.4 Å². The molecule has 35 heavy (non-hydrogen) atoms. The highest BCUT2D eigenvalue weighted by atomic mass is 79.9. The van der Waals surface area contributed by atoms with Crippen LogP contribution >= 0.6 is 39.1 Å². The first-order chi connectivity index (χ1) is 16.7. The standard InChI is InChI=1S/C26H24BrCl2N3O3/c1-16(2)24(31-25(33)20-10-9-19(28)13-22(20)29)26(34)32-30-14-18-8-11-23(21(27)12-18)35-15-17-6-4-3-5-7-17/h3-14,16,24H,15H2,1-2H3,(H,31,33)(H,32,34). The average molecular weight is 577 g/mol. The van der Waals surface area contributed by atoms with Crippen molar-refractivity contribution in [3.05, 3.63) is 97.9 Å². The molecule has 0 radical (unpaired) electrons. The van der Waals surface area contributed by atoms with E-state index < -0.39 is 17.9 Å². The molecule has 2 N–H and O–H groups in total. The number of nitrogens with one attached hydrogen (secondary N) is 2. The summed E-state index contributed by atoms with van der Waals surface area (Å²) in [4.78, 5) is 25.3. The Bertz CT molecular complexity index is 1220. The second kappa shape index (κ2) is 12.7. The normalized spacial score (nSPS) is 11.9. The molecule has 182 valence electrons. The summed E-state index contributed by atoms with van der Waals surface area (Å²) in [5, 5.41) is 7.37. The zero-order valence-corrected chi connectivity index (χ0v) is 22.2. The zero-order chi connectivity index (χ0) is 25.4. The van der Waals surface area contributed by atoms with Gasteiger partial charge in [0.1, 0.15) is 18.4 Å². The van der Waals surface area contributed by atoms with E-state index in [0.29, 0.717) is 17.4 Å². The van der Waals surface area contributed by atoms with E-state index in [2.05, 4.69) is 31.8 Å². The van der Waals surface area contributed by atoms with Crippen molar-refractivity contribution in [3.63, 3.8) is 0 Å². The fourth-order valence-electron chi connectivity index (χ4n) is 3.12. The van der Waals surface area contributed by atoms with Crippen molar-refractivity contribution in [2.75, 3.05) is 0 Å². The number of halogens is 3. The summed E-state index contributed by atoms with van der Waals surface area (Å²) in [5.41, 5.74) is 4.54. The summed E-state index contributed by atoms with van der Waals surface area (Å²) in [6, 6.07) is 19.1. The van der Waals surface area contributed by atoms with E-state index in [1.807, 2.05) is 62.4 Å². The van der Waals surface area contributed by atoms with E-state index >= 15 is 0 Å². The van der Waals surface area contributed by atoms with E-state index in [0.717, 1.165) is 15.6 Å². The zero-order valence-electron chi connectivity index (χ0n) is 19.1. The highest BCUT2D eigenvalue weighted by molar-refractivity contribution is 9.10. The fourth-order valence-corrected chi connectivity index (χ4v) is 4.12. The predicted molar refractivity (Wildman–Crippen MR) is 143 cm³/mol. The molecule has 1 unspecified atom stereocenters. The molecule has 3 aromatic rings. The molecule has 3 aromatic carbocycles. The molecule has 1 atom stereocenters. The predicted octanol–water partition coefficient (Wildman–Crippen LogP) is 6.24. The molecule has 0 fully saturated rings. The van der Waals surface area contributed by atoms with Gasteiger partial charge in [-0.15, -0.1) is 0 Å². The Morgan fingerprint density at radius 3 is 2.46 bits per heavy atom. The summed E-state index contributed by atoms with van der Waals surface area (Å²) in [7, 11) is 0. The number of hydrogen-bond acceptors (Lipinski definition) is 4. The molecule has 0 spiro atoms.